The molecule has 0 fully saturated rings. The number of aromatic nitrogens is 2. The van der Waals surface area contributed by atoms with Crippen LogP contribution in [-0.4, -0.2) is 32.8 Å². The first kappa shape index (κ1) is 13.5. The highest BCUT2D eigenvalue weighted by Gasteiger charge is 2.12. The van der Waals surface area contributed by atoms with E-state index in [1.165, 1.54) is 0 Å². The van der Waals surface area contributed by atoms with Gasteiger partial charge in [-0.3, -0.25) is 4.40 Å². The molecule has 0 radical (unpaired) electrons. The number of hydrogen-bond acceptors (Lipinski definition) is 3. The lowest BCUT2D eigenvalue weighted by molar-refractivity contribution is 0.233. The van der Waals surface area contributed by atoms with Crippen LogP contribution in [0.15, 0.2) is 48.8 Å². The molecule has 0 aliphatic heterocycles. The van der Waals surface area contributed by atoms with Gasteiger partial charge in [0.15, 0.2) is 0 Å². The molecule has 0 atom stereocenters. The molecule has 5 heteroatoms. The number of ether oxygens (including phenoxy) is 1. The monoisotopic (exact) mass is 285 g/mol. The maximum absolute atomic E-state index is 8.87. The molecule has 3 rings (SSSR count). The van der Waals surface area contributed by atoms with Crippen LogP contribution in [-0.2, 0) is 0 Å². The summed E-state index contributed by atoms with van der Waals surface area (Å²) in [5.74, 6) is 1.05. The molecule has 0 saturated carbocycles. The minimum atomic E-state index is 0.0903. The Morgan fingerprint density at radius 3 is 3.00 bits per heavy atom. The fourth-order valence-electron chi connectivity index (χ4n) is 2.27. The van der Waals surface area contributed by atoms with Gasteiger partial charge in [-0.1, -0.05) is 6.07 Å². The highest BCUT2D eigenvalue weighted by Crippen LogP contribution is 2.33. The summed E-state index contributed by atoms with van der Waals surface area (Å²) in [5, 5.41) is 16.6. The van der Waals surface area contributed by atoms with Gasteiger partial charge in [-0.05, 0) is 18.2 Å². The van der Waals surface area contributed by atoms with Crippen molar-refractivity contribution in [3.63, 3.8) is 0 Å². The molecule has 108 valence electrons. The third kappa shape index (κ3) is 2.68. The van der Waals surface area contributed by atoms with Crippen LogP contribution in [0.5, 0.6) is 11.5 Å². The van der Waals surface area contributed by atoms with Gasteiger partial charge >= 0.3 is 0 Å². The Bertz CT molecular complexity index is 752. The zero-order valence-corrected chi connectivity index (χ0v) is 11.5. The number of benzene rings is 1. The van der Waals surface area contributed by atoms with Gasteiger partial charge in [-0.15, -0.1) is 0 Å². The Morgan fingerprint density at radius 1 is 1.24 bits per heavy atom. The molecule has 0 spiro atoms. The van der Waals surface area contributed by atoms with E-state index in [-0.39, 0.29) is 6.61 Å². The van der Waals surface area contributed by atoms with Crippen LogP contribution < -0.4 is 4.74 Å². The fraction of sp³-hybridized carbons (Fsp3) is 0.188. The molecule has 0 amide bonds. The van der Waals surface area contributed by atoms with Gasteiger partial charge in [0.2, 0.25) is 0 Å². The van der Waals surface area contributed by atoms with Crippen LogP contribution in [0.2, 0.25) is 0 Å². The standard InChI is InChI=1S/C16H16N2O3/c19-9-2-10-21-15-11-12(20)5-6-13(15)14-3-1-4-16-17-7-8-18(14)16/h1,3-8,11,19-20H,2,9-10H2/p+1. The molecule has 2 heterocycles. The van der Waals surface area contributed by atoms with Crippen molar-refractivity contribution in [2.24, 2.45) is 0 Å². The summed E-state index contributed by atoms with van der Waals surface area (Å²) in [6.07, 6.45) is 4.22. The largest absolute Gasteiger partial charge is 0.593 e. The minimum absolute atomic E-state index is 0.0903. The van der Waals surface area contributed by atoms with E-state index < -0.39 is 0 Å². The Hall–Kier alpha value is -2.53. The zero-order valence-electron chi connectivity index (χ0n) is 11.5. The number of hydrogen-bond donors (Lipinski definition) is 1. The van der Waals surface area contributed by atoms with Crippen LogP contribution >= 0.6 is 0 Å². The predicted octanol–water partition coefficient (Wildman–Crippen LogP) is 2.20. The van der Waals surface area contributed by atoms with Crippen molar-refractivity contribution in [3.8, 4) is 22.8 Å². The molecule has 0 unspecified atom stereocenters. The van der Waals surface area contributed by atoms with Crippen molar-refractivity contribution in [3.05, 3.63) is 48.8 Å². The maximum Gasteiger partial charge on any atom is 0.257 e. The lowest BCUT2D eigenvalue weighted by Gasteiger charge is -2.12. The number of aliphatic hydroxyl groups excluding tert-OH is 1. The van der Waals surface area contributed by atoms with Gasteiger partial charge in [0.25, 0.3) is 5.75 Å². The lowest BCUT2D eigenvalue weighted by atomic mass is 10.1. The van der Waals surface area contributed by atoms with Gasteiger partial charge in [0, 0.05) is 37.1 Å². The highest BCUT2D eigenvalue weighted by atomic mass is 16.5. The normalized spacial score (nSPS) is 10.9. The molecule has 0 aliphatic carbocycles. The van der Waals surface area contributed by atoms with Crippen molar-refractivity contribution >= 4 is 5.65 Å². The summed E-state index contributed by atoms with van der Waals surface area (Å²) >= 11 is 0. The van der Waals surface area contributed by atoms with E-state index in [9.17, 15) is 0 Å². The van der Waals surface area contributed by atoms with E-state index >= 15 is 0 Å². The third-order valence-electron chi connectivity index (χ3n) is 3.25. The first-order valence-corrected chi connectivity index (χ1v) is 6.81. The Kier molecular flexibility index (Phi) is 3.75. The summed E-state index contributed by atoms with van der Waals surface area (Å²) < 4.78 is 7.71. The number of imidazole rings is 1. The van der Waals surface area contributed by atoms with Crippen molar-refractivity contribution in [1.82, 2.24) is 9.38 Å². The second-order valence-corrected chi connectivity index (χ2v) is 4.70. The molecule has 2 aromatic heterocycles. The van der Waals surface area contributed by atoms with Gasteiger partial charge in [0.05, 0.1) is 18.4 Å². The molecule has 3 aromatic rings. The second-order valence-electron chi connectivity index (χ2n) is 4.70. The number of aliphatic hydroxyl groups is 1. The molecule has 1 aromatic carbocycles. The molecule has 3 N–H and O–H groups in total. The van der Waals surface area contributed by atoms with Crippen molar-refractivity contribution in [1.29, 1.82) is 0 Å². The highest BCUT2D eigenvalue weighted by molar-refractivity contribution is 5.71. The number of fused-ring (bicyclic) bond motifs is 1. The smallest absolute Gasteiger partial charge is 0.257 e. The van der Waals surface area contributed by atoms with E-state index in [2.05, 4.69) is 4.98 Å². The van der Waals surface area contributed by atoms with E-state index in [0.29, 0.717) is 24.5 Å². The van der Waals surface area contributed by atoms with Crippen molar-refractivity contribution < 1.29 is 14.9 Å². The Morgan fingerprint density at radius 2 is 2.14 bits per heavy atom. The second kappa shape index (κ2) is 5.85. The maximum atomic E-state index is 8.87. The van der Waals surface area contributed by atoms with Crippen molar-refractivity contribution in [2.75, 3.05) is 13.2 Å². The summed E-state index contributed by atoms with van der Waals surface area (Å²) in [4.78, 5) is 4.28. The predicted molar refractivity (Wildman–Crippen MR) is 80.9 cm³/mol. The fourth-order valence-corrected chi connectivity index (χ4v) is 2.27. The quantitative estimate of drug-likeness (QED) is 0.577. The topological polar surface area (TPSA) is 69.7 Å². The SMILES string of the molecule is OCCCOc1cc([OH2+])ccc1-c1cccc2nccn12. The minimum Gasteiger partial charge on any atom is -0.593 e. The first-order valence-electron chi connectivity index (χ1n) is 6.81. The third-order valence-corrected chi connectivity index (χ3v) is 3.25. The molecule has 0 aliphatic rings. The molecular weight excluding hydrogens is 268 g/mol. The first-order chi connectivity index (χ1) is 10.3. The van der Waals surface area contributed by atoms with E-state index in [1.807, 2.05) is 34.9 Å². The van der Waals surface area contributed by atoms with Crippen LogP contribution in [0, 0.1) is 0 Å². The average molecular weight is 285 g/mol. The van der Waals surface area contributed by atoms with Crippen LogP contribution in [0.4, 0.5) is 0 Å². The number of rotatable bonds is 5. The van der Waals surface area contributed by atoms with E-state index in [0.717, 1.165) is 16.9 Å². The zero-order chi connectivity index (χ0) is 14.7. The summed E-state index contributed by atoms with van der Waals surface area (Å²) in [5.41, 5.74) is 2.74. The van der Waals surface area contributed by atoms with Gasteiger partial charge in [0.1, 0.15) is 11.4 Å². The Balaban J connectivity index is 2.06. The molecule has 0 saturated heterocycles. The van der Waals surface area contributed by atoms with E-state index in [4.69, 9.17) is 14.9 Å². The summed E-state index contributed by atoms with van der Waals surface area (Å²) in [6, 6.07) is 11.2. The number of nitrogens with zero attached hydrogens (tertiary/aromatic N) is 2. The number of pyridine rings is 1. The summed E-state index contributed by atoms with van der Waals surface area (Å²) in [6.45, 7) is 0.514. The summed E-state index contributed by atoms with van der Waals surface area (Å²) in [7, 11) is 0. The Labute approximate surface area is 122 Å². The van der Waals surface area contributed by atoms with Crippen LogP contribution in [0.25, 0.3) is 16.9 Å². The van der Waals surface area contributed by atoms with Crippen molar-refractivity contribution in [2.45, 2.75) is 6.42 Å². The molecular formula is C16H17N2O3+. The van der Waals surface area contributed by atoms with Gasteiger partial charge in [-0.25, -0.2) is 4.98 Å². The van der Waals surface area contributed by atoms with Crippen LogP contribution in [0.3, 0.4) is 0 Å². The lowest BCUT2D eigenvalue weighted by Crippen LogP contribution is -2.02. The molecule has 5 nitrogen and oxygen atoms in total. The van der Waals surface area contributed by atoms with Crippen LogP contribution in [0.1, 0.15) is 6.42 Å². The van der Waals surface area contributed by atoms with Gasteiger partial charge < -0.3 is 14.9 Å². The average Bonchev–Trinajstić information content (AvgIpc) is 2.96. The molecule has 0 bridgehead atoms. The van der Waals surface area contributed by atoms with Gasteiger partial charge in [-0.2, -0.15) is 0 Å². The van der Waals surface area contributed by atoms with E-state index in [1.54, 1.807) is 18.3 Å². The molecule has 21 heavy (non-hydrogen) atoms.